The Morgan fingerprint density at radius 2 is 1.82 bits per heavy atom. The molecular formula is C20H20BrF3N2O2. The molecule has 0 saturated carbocycles. The van der Waals surface area contributed by atoms with Gasteiger partial charge in [0.25, 0.3) is 5.91 Å². The molecule has 28 heavy (non-hydrogen) atoms. The Bertz CT molecular complexity index is 865. The minimum atomic E-state index is -4.48. The van der Waals surface area contributed by atoms with Crippen molar-refractivity contribution in [3.8, 4) is 5.75 Å². The summed E-state index contributed by atoms with van der Waals surface area (Å²) in [5, 5.41) is 2.66. The molecule has 2 aromatic carbocycles. The number of carbonyl (C=O) groups is 1. The topological polar surface area (TPSA) is 41.6 Å². The third-order valence-electron chi connectivity index (χ3n) is 4.68. The number of alkyl halides is 3. The molecule has 1 aliphatic heterocycles. The van der Waals surface area contributed by atoms with Gasteiger partial charge in [0, 0.05) is 18.7 Å². The van der Waals surface area contributed by atoms with Crippen LogP contribution >= 0.6 is 15.9 Å². The summed E-state index contributed by atoms with van der Waals surface area (Å²) in [6.07, 6.45) is -1.44. The van der Waals surface area contributed by atoms with Gasteiger partial charge < -0.3 is 15.0 Å². The number of piperidine rings is 1. The van der Waals surface area contributed by atoms with Crippen LogP contribution in [-0.4, -0.2) is 26.1 Å². The van der Waals surface area contributed by atoms with E-state index in [0.717, 1.165) is 44.5 Å². The summed E-state index contributed by atoms with van der Waals surface area (Å²) >= 11 is 3.31. The number of carbonyl (C=O) groups excluding carboxylic acids is 1. The Morgan fingerprint density at radius 3 is 2.43 bits per heavy atom. The van der Waals surface area contributed by atoms with Gasteiger partial charge in [0.05, 0.1) is 28.5 Å². The molecule has 8 heteroatoms. The van der Waals surface area contributed by atoms with Crippen LogP contribution in [-0.2, 0) is 6.18 Å². The lowest BCUT2D eigenvalue weighted by Crippen LogP contribution is -2.30. The van der Waals surface area contributed by atoms with Gasteiger partial charge in [-0.05, 0) is 71.6 Å². The zero-order chi connectivity index (χ0) is 20.3. The lowest BCUT2D eigenvalue weighted by molar-refractivity contribution is -0.137. The summed E-state index contributed by atoms with van der Waals surface area (Å²) in [6, 6.07) is 8.25. The van der Waals surface area contributed by atoms with Crippen LogP contribution in [0.25, 0.3) is 0 Å². The number of methoxy groups -OCH3 is 1. The van der Waals surface area contributed by atoms with Crippen LogP contribution in [0, 0.1) is 0 Å². The standard InChI is InChI=1S/C20H20BrF3N2O2/c1-28-18-8-5-13(11-15(18)21)19(27)25-16-12-14(20(22,23)24)6-7-17(16)26-9-3-2-4-10-26/h5-8,11-12H,2-4,9-10H2,1H3,(H,25,27). The lowest BCUT2D eigenvalue weighted by Gasteiger charge is -2.31. The number of halogens is 4. The molecule has 1 amide bonds. The van der Waals surface area contributed by atoms with Crippen molar-refractivity contribution in [2.24, 2.45) is 0 Å². The van der Waals surface area contributed by atoms with Gasteiger partial charge >= 0.3 is 6.18 Å². The Balaban J connectivity index is 1.93. The summed E-state index contributed by atoms with van der Waals surface area (Å²) in [7, 11) is 1.51. The average Bonchev–Trinajstić information content (AvgIpc) is 2.67. The number of amides is 1. The average molecular weight is 457 g/mol. The Kier molecular flexibility index (Phi) is 6.17. The molecule has 1 N–H and O–H groups in total. The molecule has 1 saturated heterocycles. The molecule has 0 atom stereocenters. The largest absolute Gasteiger partial charge is 0.496 e. The molecular weight excluding hydrogens is 437 g/mol. The number of benzene rings is 2. The Hall–Kier alpha value is -2.22. The van der Waals surface area contributed by atoms with Crippen LogP contribution in [0.3, 0.4) is 0 Å². The minimum Gasteiger partial charge on any atom is -0.496 e. The number of ether oxygens (including phenoxy) is 1. The molecule has 0 unspecified atom stereocenters. The van der Waals surface area contributed by atoms with Crippen LogP contribution in [0.4, 0.5) is 24.5 Å². The van der Waals surface area contributed by atoms with E-state index < -0.39 is 17.6 Å². The first-order valence-electron chi connectivity index (χ1n) is 8.90. The molecule has 4 nitrogen and oxygen atoms in total. The highest BCUT2D eigenvalue weighted by molar-refractivity contribution is 9.10. The smallest absolute Gasteiger partial charge is 0.416 e. The quantitative estimate of drug-likeness (QED) is 0.639. The summed E-state index contributed by atoms with van der Waals surface area (Å²) in [5.41, 5.74) is 0.288. The van der Waals surface area contributed by atoms with Crippen LogP contribution in [0.2, 0.25) is 0 Å². The summed E-state index contributed by atoms with van der Waals surface area (Å²) in [5.74, 6) is 0.0746. The fraction of sp³-hybridized carbons (Fsp3) is 0.350. The van der Waals surface area contributed by atoms with Gasteiger partial charge in [-0.3, -0.25) is 4.79 Å². The summed E-state index contributed by atoms with van der Waals surface area (Å²) in [4.78, 5) is 14.7. The van der Waals surface area contributed by atoms with E-state index >= 15 is 0 Å². The maximum atomic E-state index is 13.2. The number of anilines is 2. The monoisotopic (exact) mass is 456 g/mol. The molecule has 150 valence electrons. The predicted octanol–water partition coefficient (Wildman–Crippen LogP) is 5.72. The second-order valence-corrected chi connectivity index (χ2v) is 7.44. The third kappa shape index (κ3) is 4.60. The van der Waals surface area contributed by atoms with Crippen molar-refractivity contribution in [3.05, 3.63) is 52.0 Å². The molecule has 0 aromatic heterocycles. The van der Waals surface area contributed by atoms with Gasteiger partial charge in [-0.25, -0.2) is 0 Å². The highest BCUT2D eigenvalue weighted by Crippen LogP contribution is 2.36. The van der Waals surface area contributed by atoms with E-state index in [9.17, 15) is 18.0 Å². The molecule has 1 heterocycles. The second kappa shape index (κ2) is 8.43. The zero-order valence-electron chi connectivity index (χ0n) is 15.3. The van der Waals surface area contributed by atoms with Gasteiger partial charge in [0.15, 0.2) is 0 Å². The molecule has 0 aliphatic carbocycles. The Labute approximate surface area is 169 Å². The first-order valence-corrected chi connectivity index (χ1v) is 9.70. The molecule has 0 radical (unpaired) electrons. The van der Waals surface area contributed by atoms with Crippen molar-refractivity contribution in [1.82, 2.24) is 0 Å². The van der Waals surface area contributed by atoms with Crippen molar-refractivity contribution in [2.75, 3.05) is 30.4 Å². The number of hydrogen-bond donors (Lipinski definition) is 1. The number of rotatable bonds is 4. The van der Waals surface area contributed by atoms with Crippen molar-refractivity contribution >= 4 is 33.2 Å². The van der Waals surface area contributed by atoms with Gasteiger partial charge in [-0.2, -0.15) is 13.2 Å². The molecule has 1 aliphatic rings. The van der Waals surface area contributed by atoms with Crippen molar-refractivity contribution < 1.29 is 22.7 Å². The van der Waals surface area contributed by atoms with E-state index in [2.05, 4.69) is 21.2 Å². The maximum Gasteiger partial charge on any atom is 0.416 e. The van der Waals surface area contributed by atoms with E-state index in [4.69, 9.17) is 4.74 Å². The third-order valence-corrected chi connectivity index (χ3v) is 5.30. The first-order chi connectivity index (χ1) is 13.3. The molecule has 3 rings (SSSR count). The van der Waals surface area contributed by atoms with Crippen LogP contribution in [0.1, 0.15) is 35.2 Å². The van der Waals surface area contributed by atoms with Crippen LogP contribution in [0.5, 0.6) is 5.75 Å². The number of hydrogen-bond acceptors (Lipinski definition) is 3. The van der Waals surface area contributed by atoms with Crippen molar-refractivity contribution in [1.29, 1.82) is 0 Å². The summed E-state index contributed by atoms with van der Waals surface area (Å²) in [6.45, 7) is 1.50. The highest BCUT2D eigenvalue weighted by atomic mass is 79.9. The molecule has 2 aromatic rings. The molecule has 0 spiro atoms. The van der Waals surface area contributed by atoms with Gasteiger partial charge in [-0.15, -0.1) is 0 Å². The lowest BCUT2D eigenvalue weighted by atomic mass is 10.1. The molecule has 0 bridgehead atoms. The van der Waals surface area contributed by atoms with Crippen molar-refractivity contribution in [2.45, 2.75) is 25.4 Å². The van der Waals surface area contributed by atoms with Crippen molar-refractivity contribution in [3.63, 3.8) is 0 Å². The highest BCUT2D eigenvalue weighted by Gasteiger charge is 2.32. The van der Waals surface area contributed by atoms with E-state index in [0.29, 0.717) is 21.5 Å². The predicted molar refractivity (Wildman–Crippen MR) is 106 cm³/mol. The van der Waals surface area contributed by atoms with Crippen LogP contribution in [0.15, 0.2) is 40.9 Å². The van der Waals surface area contributed by atoms with E-state index in [1.807, 2.05) is 4.90 Å². The van der Waals surface area contributed by atoms with Gasteiger partial charge in [0.2, 0.25) is 0 Å². The van der Waals surface area contributed by atoms with Crippen LogP contribution < -0.4 is 15.0 Å². The van der Waals surface area contributed by atoms with E-state index in [-0.39, 0.29) is 5.69 Å². The Morgan fingerprint density at radius 1 is 1.11 bits per heavy atom. The van der Waals surface area contributed by atoms with Gasteiger partial charge in [0.1, 0.15) is 5.75 Å². The second-order valence-electron chi connectivity index (χ2n) is 6.58. The maximum absolute atomic E-state index is 13.2. The summed E-state index contributed by atoms with van der Waals surface area (Å²) < 4.78 is 45.3. The van der Waals surface area contributed by atoms with Gasteiger partial charge in [-0.1, -0.05) is 0 Å². The zero-order valence-corrected chi connectivity index (χ0v) is 16.9. The molecule has 1 fully saturated rings. The number of nitrogens with one attached hydrogen (secondary N) is 1. The fourth-order valence-corrected chi connectivity index (χ4v) is 3.77. The SMILES string of the molecule is COc1ccc(C(=O)Nc2cc(C(F)(F)F)ccc2N2CCCCC2)cc1Br. The number of nitrogens with zero attached hydrogens (tertiary/aromatic N) is 1. The van der Waals surface area contributed by atoms with E-state index in [1.165, 1.54) is 13.2 Å². The first kappa shape index (κ1) is 20.5. The van der Waals surface area contributed by atoms with E-state index in [1.54, 1.807) is 18.2 Å². The minimum absolute atomic E-state index is 0.161. The fourth-order valence-electron chi connectivity index (χ4n) is 3.23. The normalized spacial score (nSPS) is 14.7.